The Balaban J connectivity index is 2.13. The van der Waals surface area contributed by atoms with E-state index in [0.717, 1.165) is 18.2 Å². The minimum absolute atomic E-state index is 0.381. The van der Waals surface area contributed by atoms with Crippen LogP contribution in [0.15, 0.2) is 24.3 Å². The molecule has 0 spiro atoms. The third-order valence-corrected chi connectivity index (χ3v) is 4.11. The van der Waals surface area contributed by atoms with Crippen molar-refractivity contribution in [2.75, 3.05) is 26.9 Å². The fourth-order valence-electron chi connectivity index (χ4n) is 2.80. The Morgan fingerprint density at radius 2 is 2.00 bits per heavy atom. The van der Waals surface area contributed by atoms with Crippen LogP contribution in [0.5, 0.6) is 5.75 Å². The first-order chi connectivity index (χ1) is 9.77. The van der Waals surface area contributed by atoms with E-state index in [-0.39, 0.29) is 0 Å². The van der Waals surface area contributed by atoms with Gasteiger partial charge in [0.15, 0.2) is 0 Å². The van der Waals surface area contributed by atoms with Crippen molar-refractivity contribution in [3.05, 3.63) is 29.8 Å². The predicted octanol–water partition coefficient (Wildman–Crippen LogP) is 3.41. The fraction of sp³-hybridized carbons (Fsp3) is 0.647. The molecule has 0 aliphatic heterocycles. The molecule has 0 heterocycles. The molecule has 1 saturated carbocycles. The van der Waals surface area contributed by atoms with Gasteiger partial charge in [0.05, 0.1) is 6.61 Å². The van der Waals surface area contributed by atoms with Crippen LogP contribution in [0, 0.1) is 11.8 Å². The van der Waals surface area contributed by atoms with Gasteiger partial charge in [-0.15, -0.1) is 0 Å². The van der Waals surface area contributed by atoms with E-state index in [1.165, 1.54) is 18.4 Å². The third kappa shape index (κ3) is 3.97. The first-order valence-corrected chi connectivity index (χ1v) is 7.72. The molecule has 20 heavy (non-hydrogen) atoms. The second kappa shape index (κ2) is 7.65. The molecule has 0 saturated heterocycles. The summed E-state index contributed by atoms with van der Waals surface area (Å²) in [5.74, 6) is 2.51. The first kappa shape index (κ1) is 15.3. The lowest BCUT2D eigenvalue weighted by Gasteiger charge is -2.27. The van der Waals surface area contributed by atoms with Crippen LogP contribution < -0.4 is 10.1 Å². The lowest BCUT2D eigenvalue weighted by atomic mass is 9.90. The molecule has 1 fully saturated rings. The largest absolute Gasteiger partial charge is 0.491 e. The second-order valence-corrected chi connectivity index (χ2v) is 5.61. The van der Waals surface area contributed by atoms with E-state index in [4.69, 9.17) is 9.47 Å². The van der Waals surface area contributed by atoms with Gasteiger partial charge in [-0.05, 0) is 37.3 Å². The zero-order valence-electron chi connectivity index (χ0n) is 12.9. The highest BCUT2D eigenvalue weighted by Crippen LogP contribution is 2.44. The lowest BCUT2D eigenvalue weighted by molar-refractivity contribution is 0.145. The maximum atomic E-state index is 5.89. The zero-order chi connectivity index (χ0) is 14.4. The topological polar surface area (TPSA) is 30.5 Å². The molecule has 1 aromatic rings. The van der Waals surface area contributed by atoms with Crippen LogP contribution in [-0.4, -0.2) is 26.9 Å². The first-order valence-electron chi connectivity index (χ1n) is 7.72. The van der Waals surface area contributed by atoms with E-state index in [1.54, 1.807) is 7.11 Å². The minimum atomic E-state index is 0.381. The van der Waals surface area contributed by atoms with Gasteiger partial charge in [0.2, 0.25) is 0 Å². The number of methoxy groups -OCH3 is 1. The van der Waals surface area contributed by atoms with Crippen molar-refractivity contribution in [1.29, 1.82) is 0 Å². The summed E-state index contributed by atoms with van der Waals surface area (Å²) in [5, 5.41) is 3.64. The summed E-state index contributed by atoms with van der Waals surface area (Å²) in [7, 11) is 1.70. The van der Waals surface area contributed by atoms with Crippen molar-refractivity contribution in [2.45, 2.75) is 32.7 Å². The molecule has 1 aliphatic carbocycles. The van der Waals surface area contributed by atoms with Crippen molar-refractivity contribution < 1.29 is 9.47 Å². The van der Waals surface area contributed by atoms with Gasteiger partial charge in [-0.25, -0.2) is 0 Å². The van der Waals surface area contributed by atoms with Gasteiger partial charge in [-0.3, -0.25) is 0 Å². The van der Waals surface area contributed by atoms with Crippen LogP contribution in [0.1, 0.15) is 38.3 Å². The van der Waals surface area contributed by atoms with Crippen LogP contribution in [-0.2, 0) is 4.74 Å². The summed E-state index contributed by atoms with van der Waals surface area (Å²) in [5.41, 5.74) is 1.28. The van der Waals surface area contributed by atoms with Crippen molar-refractivity contribution in [1.82, 2.24) is 5.32 Å². The number of hydrogen-bond acceptors (Lipinski definition) is 3. The number of hydrogen-bond donors (Lipinski definition) is 1. The van der Waals surface area contributed by atoms with E-state index in [2.05, 4.69) is 37.4 Å². The van der Waals surface area contributed by atoms with Crippen LogP contribution in [0.25, 0.3) is 0 Å². The highest BCUT2D eigenvalue weighted by Gasteiger charge is 2.34. The second-order valence-electron chi connectivity index (χ2n) is 5.61. The molecule has 112 valence electrons. The van der Waals surface area contributed by atoms with E-state index in [1.807, 2.05) is 6.07 Å². The molecule has 0 aromatic heterocycles. The highest BCUT2D eigenvalue weighted by atomic mass is 16.5. The van der Waals surface area contributed by atoms with E-state index in [0.29, 0.717) is 25.2 Å². The van der Waals surface area contributed by atoms with Crippen LogP contribution >= 0.6 is 0 Å². The molecule has 0 amide bonds. The molecule has 2 unspecified atom stereocenters. The molecule has 0 radical (unpaired) electrons. The zero-order valence-corrected chi connectivity index (χ0v) is 12.9. The smallest absolute Gasteiger partial charge is 0.124 e. The minimum Gasteiger partial charge on any atom is -0.491 e. The quantitative estimate of drug-likeness (QED) is 0.702. The van der Waals surface area contributed by atoms with E-state index < -0.39 is 0 Å². The van der Waals surface area contributed by atoms with Gasteiger partial charge in [0, 0.05) is 18.7 Å². The molecular weight excluding hydrogens is 250 g/mol. The molecule has 2 atom stereocenters. The summed E-state index contributed by atoms with van der Waals surface area (Å²) in [6, 6.07) is 8.77. The summed E-state index contributed by atoms with van der Waals surface area (Å²) in [6.45, 7) is 6.73. The molecule has 3 nitrogen and oxygen atoms in total. The highest BCUT2D eigenvalue weighted by molar-refractivity contribution is 5.36. The average molecular weight is 277 g/mol. The van der Waals surface area contributed by atoms with Gasteiger partial charge >= 0.3 is 0 Å². The van der Waals surface area contributed by atoms with Crippen LogP contribution in [0.2, 0.25) is 0 Å². The Hall–Kier alpha value is -1.06. The molecule has 1 N–H and O–H groups in total. The Labute approximate surface area is 122 Å². The summed E-state index contributed by atoms with van der Waals surface area (Å²) < 4.78 is 11.0. The molecule has 2 rings (SSSR count). The van der Waals surface area contributed by atoms with Gasteiger partial charge < -0.3 is 14.8 Å². The third-order valence-electron chi connectivity index (χ3n) is 4.11. The summed E-state index contributed by atoms with van der Waals surface area (Å²) in [4.78, 5) is 0. The monoisotopic (exact) mass is 277 g/mol. The molecule has 3 heteroatoms. The van der Waals surface area contributed by atoms with Gasteiger partial charge in [-0.2, -0.15) is 0 Å². The van der Waals surface area contributed by atoms with Crippen LogP contribution in [0.4, 0.5) is 0 Å². The average Bonchev–Trinajstić information content (AvgIpc) is 3.30. The Bertz CT molecular complexity index is 404. The van der Waals surface area contributed by atoms with Crippen LogP contribution in [0.3, 0.4) is 0 Å². The van der Waals surface area contributed by atoms with Gasteiger partial charge in [0.1, 0.15) is 12.4 Å². The summed E-state index contributed by atoms with van der Waals surface area (Å²) in [6.07, 6.45) is 2.74. The number of rotatable bonds is 9. The Morgan fingerprint density at radius 3 is 2.65 bits per heavy atom. The maximum Gasteiger partial charge on any atom is 0.124 e. The Kier molecular flexibility index (Phi) is 5.86. The number of benzene rings is 1. The van der Waals surface area contributed by atoms with Crippen molar-refractivity contribution >= 4 is 0 Å². The normalized spacial score (nSPS) is 17.8. The molecule has 0 bridgehead atoms. The van der Waals surface area contributed by atoms with E-state index in [9.17, 15) is 0 Å². The maximum absolute atomic E-state index is 5.89. The predicted molar refractivity (Wildman–Crippen MR) is 82.1 cm³/mol. The molecule has 1 aliphatic rings. The number of nitrogens with one attached hydrogen (secondary N) is 1. The summed E-state index contributed by atoms with van der Waals surface area (Å²) >= 11 is 0. The lowest BCUT2D eigenvalue weighted by Crippen LogP contribution is -2.28. The van der Waals surface area contributed by atoms with Gasteiger partial charge in [-0.1, -0.05) is 32.0 Å². The van der Waals surface area contributed by atoms with Crippen molar-refractivity contribution in [3.63, 3.8) is 0 Å². The van der Waals surface area contributed by atoms with Crippen molar-refractivity contribution in [3.8, 4) is 5.75 Å². The van der Waals surface area contributed by atoms with Gasteiger partial charge in [0.25, 0.3) is 0 Å². The molecule has 1 aromatic carbocycles. The number of ether oxygens (including phenoxy) is 2. The standard InChI is InChI=1S/C17H27NO2/c1-4-18-17(13(2)14-9-10-14)15-7-5-6-8-16(15)20-12-11-19-3/h5-8,13-14,17-18H,4,9-12H2,1-3H3. The molecular formula is C17H27NO2. The van der Waals surface area contributed by atoms with E-state index >= 15 is 0 Å². The fourth-order valence-corrected chi connectivity index (χ4v) is 2.80. The SMILES string of the molecule is CCNC(c1ccccc1OCCOC)C(C)C1CC1. The van der Waals surface area contributed by atoms with Crippen molar-refractivity contribution in [2.24, 2.45) is 11.8 Å². The number of para-hydroxylation sites is 1. The Morgan fingerprint density at radius 1 is 1.25 bits per heavy atom.